The number of amides is 2. The van der Waals surface area contributed by atoms with Crippen LogP contribution in [0, 0.1) is 13.8 Å². The van der Waals surface area contributed by atoms with Crippen LogP contribution < -0.4 is 10.8 Å². The normalized spacial score (nSPS) is 11.2. The lowest BCUT2D eigenvalue weighted by Crippen LogP contribution is -2.33. The Morgan fingerprint density at radius 1 is 1.14 bits per heavy atom. The summed E-state index contributed by atoms with van der Waals surface area (Å²) in [5.41, 5.74) is 4.98. The highest BCUT2D eigenvalue weighted by Gasteiger charge is 2.16. The van der Waals surface area contributed by atoms with Gasteiger partial charge in [0.1, 0.15) is 5.60 Å². The van der Waals surface area contributed by atoms with Gasteiger partial charge in [-0.1, -0.05) is 17.7 Å². The van der Waals surface area contributed by atoms with Gasteiger partial charge in [0, 0.05) is 6.54 Å². The van der Waals surface area contributed by atoms with E-state index in [-0.39, 0.29) is 12.5 Å². The van der Waals surface area contributed by atoms with Crippen LogP contribution >= 0.6 is 0 Å². The first-order chi connectivity index (χ1) is 13.2. The number of hydroxylamine groups is 1. The molecule has 2 aromatic rings. The number of carbonyl (C=O) groups excluding carboxylic acids is 2. The predicted molar refractivity (Wildman–Crippen MR) is 105 cm³/mol. The van der Waals surface area contributed by atoms with Gasteiger partial charge in [-0.15, -0.1) is 0 Å². The number of rotatable bonds is 7. The number of aryl methyl sites for hydroxylation is 1. The molecule has 0 radical (unpaired) electrons. The number of nitrogens with one attached hydrogen (secondary N) is 2. The van der Waals surface area contributed by atoms with Crippen LogP contribution in [-0.4, -0.2) is 40.5 Å². The van der Waals surface area contributed by atoms with Crippen LogP contribution in [0.15, 0.2) is 30.5 Å². The summed E-state index contributed by atoms with van der Waals surface area (Å²) in [5.74, 6) is -0.198. The van der Waals surface area contributed by atoms with Gasteiger partial charge >= 0.3 is 6.09 Å². The highest BCUT2D eigenvalue weighted by atomic mass is 16.7. The molecule has 0 spiro atoms. The van der Waals surface area contributed by atoms with E-state index in [0.29, 0.717) is 18.5 Å². The quantitative estimate of drug-likeness (QED) is 0.561. The van der Waals surface area contributed by atoms with E-state index in [2.05, 4.69) is 15.9 Å². The third kappa shape index (κ3) is 6.38. The third-order valence-corrected chi connectivity index (χ3v) is 3.80. The van der Waals surface area contributed by atoms with Crippen molar-refractivity contribution in [3.05, 3.63) is 47.3 Å². The summed E-state index contributed by atoms with van der Waals surface area (Å²) in [4.78, 5) is 28.8. The Morgan fingerprint density at radius 2 is 1.82 bits per heavy atom. The molecule has 152 valence electrons. The van der Waals surface area contributed by atoms with Gasteiger partial charge in [0.05, 0.1) is 29.7 Å². The molecule has 0 saturated heterocycles. The Morgan fingerprint density at radius 3 is 2.46 bits per heavy atom. The van der Waals surface area contributed by atoms with Gasteiger partial charge in [-0.05, 0) is 53.2 Å². The Hall–Kier alpha value is -2.87. The number of carbonyl (C=O) groups is 2. The largest absolute Gasteiger partial charge is 0.442 e. The summed E-state index contributed by atoms with van der Waals surface area (Å²) in [6.07, 6.45) is 1.45. The molecule has 0 bridgehead atoms. The smallest absolute Gasteiger partial charge is 0.431 e. The third-order valence-electron chi connectivity index (χ3n) is 3.80. The summed E-state index contributed by atoms with van der Waals surface area (Å²) in [6.45, 7) is 9.84. The van der Waals surface area contributed by atoms with E-state index in [1.165, 1.54) is 0 Å². The molecule has 8 heteroatoms. The Bertz CT molecular complexity index is 807. The van der Waals surface area contributed by atoms with Crippen molar-refractivity contribution in [1.29, 1.82) is 0 Å². The molecule has 8 nitrogen and oxygen atoms in total. The van der Waals surface area contributed by atoms with Gasteiger partial charge in [0.2, 0.25) is 0 Å². The zero-order chi connectivity index (χ0) is 20.7. The second-order valence-electron chi connectivity index (χ2n) is 7.45. The van der Waals surface area contributed by atoms with E-state index in [1.807, 2.05) is 38.1 Å². The molecule has 28 heavy (non-hydrogen) atoms. The van der Waals surface area contributed by atoms with Crippen molar-refractivity contribution in [1.82, 2.24) is 20.6 Å². The fraction of sp³-hybridized carbons (Fsp3) is 0.450. The molecule has 0 fully saturated rings. The van der Waals surface area contributed by atoms with Crippen LogP contribution in [0.5, 0.6) is 0 Å². The summed E-state index contributed by atoms with van der Waals surface area (Å²) in [6, 6.07) is 7.93. The molecular formula is C20H28N4O4. The van der Waals surface area contributed by atoms with Gasteiger partial charge in [-0.2, -0.15) is 10.6 Å². The number of ether oxygens (including phenoxy) is 1. The monoisotopic (exact) mass is 388 g/mol. The first kappa shape index (κ1) is 21.4. The number of nitrogens with zero attached hydrogens (tertiary/aromatic N) is 2. The van der Waals surface area contributed by atoms with E-state index in [1.54, 1.807) is 31.6 Å². The lowest BCUT2D eigenvalue weighted by atomic mass is 10.2. The van der Waals surface area contributed by atoms with E-state index >= 15 is 0 Å². The maximum absolute atomic E-state index is 12.4. The van der Waals surface area contributed by atoms with Crippen LogP contribution in [0.25, 0.3) is 5.69 Å². The maximum atomic E-state index is 12.4. The minimum atomic E-state index is -0.643. The molecule has 0 aliphatic heterocycles. The number of hydrogen-bond acceptors (Lipinski definition) is 5. The molecule has 0 atom stereocenters. The van der Waals surface area contributed by atoms with Crippen molar-refractivity contribution >= 4 is 12.0 Å². The lowest BCUT2D eigenvalue weighted by Gasteiger charge is -2.19. The second kappa shape index (κ2) is 9.36. The Balaban J connectivity index is 1.75. The van der Waals surface area contributed by atoms with Gasteiger partial charge < -0.3 is 10.1 Å². The molecule has 2 N–H and O–H groups in total. The molecule has 0 unspecified atom stereocenters. The number of benzene rings is 1. The molecule has 0 saturated carbocycles. The highest BCUT2D eigenvalue weighted by molar-refractivity contribution is 5.95. The molecule has 1 aromatic carbocycles. The first-order valence-electron chi connectivity index (χ1n) is 9.18. The van der Waals surface area contributed by atoms with E-state index in [0.717, 1.165) is 16.9 Å². The van der Waals surface area contributed by atoms with Crippen LogP contribution in [0.3, 0.4) is 0 Å². The van der Waals surface area contributed by atoms with Crippen LogP contribution in [0.2, 0.25) is 0 Å². The second-order valence-corrected chi connectivity index (χ2v) is 7.45. The van der Waals surface area contributed by atoms with Gasteiger partial charge in [-0.25, -0.2) is 9.48 Å². The van der Waals surface area contributed by atoms with Crippen molar-refractivity contribution in [3.63, 3.8) is 0 Å². The average Bonchev–Trinajstić information content (AvgIpc) is 2.98. The molecular weight excluding hydrogens is 360 g/mol. The van der Waals surface area contributed by atoms with E-state index in [4.69, 9.17) is 9.57 Å². The average molecular weight is 388 g/mol. The molecule has 0 aliphatic rings. The van der Waals surface area contributed by atoms with Crippen molar-refractivity contribution in [2.24, 2.45) is 0 Å². The fourth-order valence-corrected chi connectivity index (χ4v) is 2.43. The van der Waals surface area contributed by atoms with Crippen molar-refractivity contribution in [2.75, 3.05) is 13.2 Å². The summed E-state index contributed by atoms with van der Waals surface area (Å²) < 4.78 is 6.78. The fourth-order valence-electron chi connectivity index (χ4n) is 2.43. The number of aromatic nitrogens is 2. The lowest BCUT2D eigenvalue weighted by molar-refractivity contribution is -0.00816. The first-order valence-corrected chi connectivity index (χ1v) is 9.18. The Labute approximate surface area is 165 Å². The maximum Gasteiger partial charge on any atom is 0.431 e. The van der Waals surface area contributed by atoms with Crippen LogP contribution in [0.4, 0.5) is 4.79 Å². The zero-order valence-electron chi connectivity index (χ0n) is 17.0. The van der Waals surface area contributed by atoms with Gasteiger partial charge in [-0.3, -0.25) is 9.63 Å². The van der Waals surface area contributed by atoms with Crippen LogP contribution in [0.1, 0.15) is 48.8 Å². The molecule has 0 aliphatic carbocycles. The summed E-state index contributed by atoms with van der Waals surface area (Å²) >= 11 is 0. The van der Waals surface area contributed by atoms with Crippen LogP contribution in [-0.2, 0) is 9.57 Å². The molecule has 1 aromatic heterocycles. The van der Waals surface area contributed by atoms with Gasteiger partial charge in [0.25, 0.3) is 5.91 Å². The predicted octanol–water partition coefficient (Wildman–Crippen LogP) is 3.07. The van der Waals surface area contributed by atoms with Crippen molar-refractivity contribution in [3.8, 4) is 5.69 Å². The molecule has 2 rings (SSSR count). The number of hydrogen-bond donors (Lipinski definition) is 2. The molecule has 2 amide bonds. The summed E-state index contributed by atoms with van der Waals surface area (Å²) in [5, 5.41) is 7.14. The minimum absolute atomic E-state index is 0.198. The van der Waals surface area contributed by atoms with E-state index < -0.39 is 11.7 Å². The van der Waals surface area contributed by atoms with Gasteiger partial charge in [0.15, 0.2) is 0 Å². The SMILES string of the molecule is Cc1ccc(-n2ncc(C(=O)NCCCONC(=O)OC(C)(C)C)c2C)cc1. The highest BCUT2D eigenvalue weighted by Crippen LogP contribution is 2.14. The van der Waals surface area contributed by atoms with Crippen molar-refractivity contribution < 1.29 is 19.2 Å². The van der Waals surface area contributed by atoms with E-state index in [9.17, 15) is 9.59 Å². The van der Waals surface area contributed by atoms with Crippen molar-refractivity contribution in [2.45, 2.75) is 46.6 Å². The minimum Gasteiger partial charge on any atom is -0.442 e. The standard InChI is InChI=1S/C20H28N4O4/c1-14-7-9-16(10-8-14)24-15(2)17(13-22-24)18(25)21-11-6-12-27-23-19(26)28-20(3,4)5/h7-10,13H,6,11-12H2,1-5H3,(H,21,25)(H,23,26). The zero-order valence-corrected chi connectivity index (χ0v) is 17.0. The molecule has 1 heterocycles. The Kier molecular flexibility index (Phi) is 7.17. The summed E-state index contributed by atoms with van der Waals surface area (Å²) in [7, 11) is 0. The topological polar surface area (TPSA) is 94.5 Å².